The van der Waals surface area contributed by atoms with Gasteiger partial charge in [-0.2, -0.15) is 0 Å². The van der Waals surface area contributed by atoms with E-state index in [1.807, 2.05) is 19.1 Å². The largest absolute Gasteiger partial charge is 0.507 e. The van der Waals surface area contributed by atoms with Crippen molar-refractivity contribution < 1.29 is 9.90 Å². The first-order chi connectivity index (χ1) is 8.99. The van der Waals surface area contributed by atoms with Gasteiger partial charge in [0.2, 0.25) is 0 Å². The average molecular weight is 385 g/mol. The number of carbonyl (C=O) groups is 1. The van der Waals surface area contributed by atoms with Crippen LogP contribution in [-0.2, 0) is 0 Å². The Hall–Kier alpha value is -1.33. The SMILES string of the molecule is Cc1cccc(NC(=O)c2ccc(Br)cc2O)c1Br. The first-order valence-electron chi connectivity index (χ1n) is 5.54. The maximum atomic E-state index is 12.1. The number of benzene rings is 2. The maximum Gasteiger partial charge on any atom is 0.259 e. The summed E-state index contributed by atoms with van der Waals surface area (Å²) in [5.74, 6) is -0.410. The molecule has 0 atom stereocenters. The summed E-state index contributed by atoms with van der Waals surface area (Å²) < 4.78 is 1.55. The van der Waals surface area contributed by atoms with E-state index >= 15 is 0 Å². The fourth-order valence-electron chi connectivity index (χ4n) is 1.63. The lowest BCUT2D eigenvalue weighted by Crippen LogP contribution is -2.12. The second kappa shape index (κ2) is 5.75. The van der Waals surface area contributed by atoms with Crippen LogP contribution in [0.5, 0.6) is 5.75 Å². The van der Waals surface area contributed by atoms with Crippen LogP contribution in [0.4, 0.5) is 5.69 Å². The Morgan fingerprint density at radius 1 is 1.21 bits per heavy atom. The normalized spacial score (nSPS) is 10.3. The van der Waals surface area contributed by atoms with E-state index in [1.54, 1.807) is 18.2 Å². The van der Waals surface area contributed by atoms with E-state index in [1.165, 1.54) is 6.07 Å². The molecule has 0 radical (unpaired) electrons. The van der Waals surface area contributed by atoms with Gasteiger partial charge in [0.15, 0.2) is 0 Å². The molecule has 0 spiro atoms. The molecule has 0 aliphatic carbocycles. The minimum absolute atomic E-state index is 0.0596. The number of carbonyl (C=O) groups excluding carboxylic acids is 1. The van der Waals surface area contributed by atoms with Crippen molar-refractivity contribution in [2.45, 2.75) is 6.92 Å². The molecule has 0 bridgehead atoms. The van der Waals surface area contributed by atoms with Gasteiger partial charge in [-0.15, -0.1) is 0 Å². The van der Waals surface area contributed by atoms with Gasteiger partial charge in [0.05, 0.1) is 11.3 Å². The van der Waals surface area contributed by atoms with Crippen LogP contribution in [0.3, 0.4) is 0 Å². The third-order valence-electron chi connectivity index (χ3n) is 2.64. The summed E-state index contributed by atoms with van der Waals surface area (Å²) in [6, 6.07) is 10.4. The van der Waals surface area contributed by atoms with Crippen LogP contribution in [0.2, 0.25) is 0 Å². The maximum absolute atomic E-state index is 12.1. The van der Waals surface area contributed by atoms with E-state index in [0.717, 1.165) is 14.5 Å². The smallest absolute Gasteiger partial charge is 0.259 e. The first-order valence-corrected chi connectivity index (χ1v) is 7.12. The Kier molecular flexibility index (Phi) is 4.27. The molecule has 2 aromatic carbocycles. The van der Waals surface area contributed by atoms with E-state index in [0.29, 0.717) is 5.69 Å². The molecular formula is C14H11Br2NO2. The molecule has 3 nitrogen and oxygen atoms in total. The summed E-state index contributed by atoms with van der Waals surface area (Å²) in [6.07, 6.45) is 0. The average Bonchev–Trinajstić information content (AvgIpc) is 2.34. The topological polar surface area (TPSA) is 49.3 Å². The third-order valence-corrected chi connectivity index (χ3v) is 4.19. The highest BCUT2D eigenvalue weighted by Crippen LogP contribution is 2.28. The second-order valence-electron chi connectivity index (χ2n) is 4.05. The van der Waals surface area contributed by atoms with Crippen LogP contribution in [0, 0.1) is 6.92 Å². The molecule has 0 aromatic heterocycles. The molecule has 0 aliphatic rings. The standard InChI is InChI=1S/C14H11Br2NO2/c1-8-3-2-4-11(13(8)16)17-14(19)10-6-5-9(15)7-12(10)18/h2-7,18H,1H3,(H,17,19). The van der Waals surface area contributed by atoms with E-state index < -0.39 is 0 Å². The van der Waals surface area contributed by atoms with Crippen LogP contribution in [0.1, 0.15) is 15.9 Å². The Bertz CT molecular complexity index is 641. The van der Waals surface area contributed by atoms with Gasteiger partial charge in [-0.1, -0.05) is 28.1 Å². The number of hydrogen-bond donors (Lipinski definition) is 2. The summed E-state index contributed by atoms with van der Waals surface area (Å²) in [5.41, 5.74) is 1.93. The zero-order chi connectivity index (χ0) is 14.0. The lowest BCUT2D eigenvalue weighted by molar-refractivity contribution is 0.102. The highest BCUT2D eigenvalue weighted by molar-refractivity contribution is 9.11. The molecule has 0 fully saturated rings. The Morgan fingerprint density at radius 2 is 1.95 bits per heavy atom. The number of hydrogen-bond acceptors (Lipinski definition) is 2. The van der Waals surface area contributed by atoms with Gasteiger partial charge in [-0.05, 0) is 52.7 Å². The minimum atomic E-state index is -0.351. The molecule has 2 aromatic rings. The van der Waals surface area contributed by atoms with E-state index in [2.05, 4.69) is 37.2 Å². The van der Waals surface area contributed by atoms with Crippen LogP contribution in [-0.4, -0.2) is 11.0 Å². The fourth-order valence-corrected chi connectivity index (χ4v) is 2.34. The number of anilines is 1. The predicted molar refractivity (Wildman–Crippen MR) is 82.6 cm³/mol. The first kappa shape index (κ1) is 14.1. The number of rotatable bonds is 2. The summed E-state index contributed by atoms with van der Waals surface area (Å²) in [6.45, 7) is 1.94. The summed E-state index contributed by atoms with van der Waals surface area (Å²) in [4.78, 5) is 12.1. The van der Waals surface area contributed by atoms with Crippen molar-refractivity contribution in [1.82, 2.24) is 0 Å². The zero-order valence-corrected chi connectivity index (χ0v) is 13.2. The summed E-state index contributed by atoms with van der Waals surface area (Å²) in [5, 5.41) is 12.5. The predicted octanol–water partition coefficient (Wildman–Crippen LogP) is 4.48. The number of phenolic OH excluding ortho intramolecular Hbond substituents is 1. The number of amides is 1. The Labute approximate surface area is 127 Å². The molecule has 0 saturated heterocycles. The lowest BCUT2D eigenvalue weighted by atomic mass is 10.1. The number of aryl methyl sites for hydroxylation is 1. The van der Waals surface area contributed by atoms with Gasteiger partial charge in [0.1, 0.15) is 5.75 Å². The van der Waals surface area contributed by atoms with Gasteiger partial charge >= 0.3 is 0 Å². The zero-order valence-electron chi connectivity index (χ0n) is 10.1. The second-order valence-corrected chi connectivity index (χ2v) is 5.76. The van der Waals surface area contributed by atoms with Crippen LogP contribution >= 0.6 is 31.9 Å². The molecule has 0 aliphatic heterocycles. The minimum Gasteiger partial charge on any atom is -0.507 e. The van der Waals surface area contributed by atoms with Gasteiger partial charge < -0.3 is 10.4 Å². The molecule has 2 N–H and O–H groups in total. The summed E-state index contributed by atoms with van der Waals surface area (Å²) in [7, 11) is 0. The van der Waals surface area contributed by atoms with Crippen LogP contribution in [0.15, 0.2) is 45.3 Å². The third kappa shape index (κ3) is 3.16. The molecule has 0 heterocycles. The van der Waals surface area contributed by atoms with Gasteiger partial charge in [-0.25, -0.2) is 0 Å². The molecule has 1 amide bonds. The van der Waals surface area contributed by atoms with Crippen LogP contribution in [0.25, 0.3) is 0 Å². The van der Waals surface area contributed by atoms with Crippen molar-refractivity contribution in [3.05, 3.63) is 56.5 Å². The highest BCUT2D eigenvalue weighted by atomic mass is 79.9. The molecule has 5 heteroatoms. The molecule has 0 unspecified atom stereocenters. The number of halogens is 2. The quantitative estimate of drug-likeness (QED) is 0.801. The van der Waals surface area contributed by atoms with Gasteiger partial charge in [0.25, 0.3) is 5.91 Å². The number of nitrogens with one attached hydrogen (secondary N) is 1. The van der Waals surface area contributed by atoms with Crippen molar-refractivity contribution in [2.75, 3.05) is 5.32 Å². The summed E-state index contributed by atoms with van der Waals surface area (Å²) >= 11 is 6.66. The van der Waals surface area contributed by atoms with E-state index in [9.17, 15) is 9.90 Å². The monoisotopic (exact) mass is 383 g/mol. The lowest BCUT2D eigenvalue weighted by Gasteiger charge is -2.10. The highest BCUT2D eigenvalue weighted by Gasteiger charge is 2.13. The van der Waals surface area contributed by atoms with E-state index in [-0.39, 0.29) is 17.2 Å². The van der Waals surface area contributed by atoms with Crippen molar-refractivity contribution in [1.29, 1.82) is 0 Å². The van der Waals surface area contributed by atoms with Crippen molar-refractivity contribution in [2.24, 2.45) is 0 Å². The molecule has 98 valence electrons. The van der Waals surface area contributed by atoms with Crippen molar-refractivity contribution >= 4 is 43.5 Å². The molecular weight excluding hydrogens is 374 g/mol. The number of phenols is 1. The molecule has 2 rings (SSSR count). The van der Waals surface area contributed by atoms with Crippen LogP contribution < -0.4 is 5.32 Å². The fraction of sp³-hybridized carbons (Fsp3) is 0.0714. The van der Waals surface area contributed by atoms with Gasteiger partial charge in [-0.3, -0.25) is 4.79 Å². The Morgan fingerprint density at radius 3 is 2.63 bits per heavy atom. The van der Waals surface area contributed by atoms with Crippen molar-refractivity contribution in [3.63, 3.8) is 0 Å². The molecule has 0 saturated carbocycles. The Balaban J connectivity index is 2.28. The van der Waals surface area contributed by atoms with Gasteiger partial charge in [0, 0.05) is 8.95 Å². The number of aromatic hydroxyl groups is 1. The molecule has 19 heavy (non-hydrogen) atoms. The van der Waals surface area contributed by atoms with Crippen molar-refractivity contribution in [3.8, 4) is 5.75 Å². The van der Waals surface area contributed by atoms with E-state index in [4.69, 9.17) is 0 Å².